The highest BCUT2D eigenvalue weighted by atomic mass is 35.5. The number of methoxy groups -OCH3 is 1. The second kappa shape index (κ2) is 10.4. The molecule has 2 aromatic rings. The number of hydrogen-bond donors (Lipinski definition) is 1. The van der Waals surface area contributed by atoms with Gasteiger partial charge in [0.2, 0.25) is 0 Å². The lowest BCUT2D eigenvalue weighted by Crippen LogP contribution is -2.14. The quantitative estimate of drug-likeness (QED) is 0.368. The molecule has 0 radical (unpaired) electrons. The van der Waals surface area contributed by atoms with Gasteiger partial charge in [0.25, 0.3) is 5.91 Å². The van der Waals surface area contributed by atoms with Gasteiger partial charge in [-0.2, -0.15) is 5.26 Å². The van der Waals surface area contributed by atoms with E-state index in [4.69, 9.17) is 21.1 Å². The van der Waals surface area contributed by atoms with Crippen LogP contribution in [0.5, 0.6) is 11.5 Å². The first-order valence-electron chi connectivity index (χ1n) is 8.99. The topological polar surface area (TPSA) is 71.3 Å². The first-order chi connectivity index (χ1) is 13.5. The molecular formula is C22H23ClN2O3. The molecule has 0 aliphatic rings. The highest BCUT2D eigenvalue weighted by Gasteiger charge is 2.13. The van der Waals surface area contributed by atoms with Crippen molar-refractivity contribution >= 4 is 29.3 Å². The van der Waals surface area contributed by atoms with E-state index in [0.717, 1.165) is 18.4 Å². The minimum Gasteiger partial charge on any atom is -0.493 e. The van der Waals surface area contributed by atoms with Crippen molar-refractivity contribution in [1.82, 2.24) is 0 Å². The number of ether oxygens (including phenoxy) is 2. The number of carbonyl (C=O) groups is 1. The lowest BCUT2D eigenvalue weighted by atomic mass is 10.1. The van der Waals surface area contributed by atoms with E-state index in [1.165, 1.54) is 6.08 Å². The zero-order chi connectivity index (χ0) is 20.5. The molecule has 0 saturated heterocycles. The second-order valence-corrected chi connectivity index (χ2v) is 6.56. The Bertz CT molecular complexity index is 916. The summed E-state index contributed by atoms with van der Waals surface area (Å²) in [7, 11) is 1.55. The molecule has 1 amide bonds. The molecule has 1 N–H and O–H groups in total. The van der Waals surface area contributed by atoms with E-state index in [2.05, 4.69) is 12.2 Å². The lowest BCUT2D eigenvalue weighted by molar-refractivity contribution is -0.112. The van der Waals surface area contributed by atoms with Crippen LogP contribution in [-0.2, 0) is 4.79 Å². The SMILES string of the molecule is CCCCOc1ccc(/C=C(\C#N)C(=O)Nc2cccc(Cl)c2C)cc1OC. The highest BCUT2D eigenvalue weighted by Crippen LogP contribution is 2.29. The van der Waals surface area contributed by atoms with Crippen LogP contribution in [0.15, 0.2) is 42.0 Å². The van der Waals surface area contributed by atoms with E-state index in [1.807, 2.05) is 6.07 Å². The van der Waals surface area contributed by atoms with Crippen molar-refractivity contribution in [3.8, 4) is 17.6 Å². The minimum absolute atomic E-state index is 0.0268. The number of benzene rings is 2. The number of nitrogens with one attached hydrogen (secondary N) is 1. The van der Waals surface area contributed by atoms with Crippen molar-refractivity contribution in [1.29, 1.82) is 5.26 Å². The summed E-state index contributed by atoms with van der Waals surface area (Å²) in [5.41, 5.74) is 1.94. The van der Waals surface area contributed by atoms with Gasteiger partial charge in [-0.15, -0.1) is 0 Å². The third-order valence-electron chi connectivity index (χ3n) is 4.14. The summed E-state index contributed by atoms with van der Waals surface area (Å²) < 4.78 is 11.1. The molecule has 0 aliphatic carbocycles. The van der Waals surface area contributed by atoms with Crippen molar-refractivity contribution in [3.63, 3.8) is 0 Å². The smallest absolute Gasteiger partial charge is 0.266 e. The average molecular weight is 399 g/mol. The highest BCUT2D eigenvalue weighted by molar-refractivity contribution is 6.31. The number of anilines is 1. The predicted molar refractivity (Wildman–Crippen MR) is 112 cm³/mol. The summed E-state index contributed by atoms with van der Waals surface area (Å²) in [6, 6.07) is 12.4. The monoisotopic (exact) mass is 398 g/mol. The van der Waals surface area contributed by atoms with Crippen molar-refractivity contribution in [2.45, 2.75) is 26.7 Å². The Balaban J connectivity index is 2.22. The molecule has 146 valence electrons. The van der Waals surface area contributed by atoms with Crippen LogP contribution in [0.1, 0.15) is 30.9 Å². The molecule has 0 saturated carbocycles. The van der Waals surface area contributed by atoms with Gasteiger partial charge in [0, 0.05) is 10.7 Å². The van der Waals surface area contributed by atoms with Crippen LogP contribution in [0.2, 0.25) is 5.02 Å². The van der Waals surface area contributed by atoms with Gasteiger partial charge >= 0.3 is 0 Å². The van der Waals surface area contributed by atoms with Gasteiger partial charge in [-0.05, 0) is 54.8 Å². The molecule has 0 spiro atoms. The van der Waals surface area contributed by atoms with Crippen LogP contribution < -0.4 is 14.8 Å². The zero-order valence-electron chi connectivity index (χ0n) is 16.2. The minimum atomic E-state index is -0.505. The van der Waals surface area contributed by atoms with Crippen molar-refractivity contribution in [3.05, 3.63) is 58.1 Å². The number of carbonyl (C=O) groups excluding carboxylic acids is 1. The normalized spacial score (nSPS) is 10.9. The fraction of sp³-hybridized carbons (Fsp3) is 0.273. The Morgan fingerprint density at radius 1 is 1.29 bits per heavy atom. The summed E-state index contributed by atoms with van der Waals surface area (Å²) in [5, 5.41) is 12.7. The summed E-state index contributed by atoms with van der Waals surface area (Å²) in [6.07, 6.45) is 3.50. The third-order valence-corrected chi connectivity index (χ3v) is 4.54. The average Bonchev–Trinajstić information content (AvgIpc) is 2.70. The Hall–Kier alpha value is -2.97. The Labute approximate surface area is 170 Å². The molecule has 6 heteroatoms. The number of nitrogens with zero attached hydrogens (tertiary/aromatic N) is 1. The largest absolute Gasteiger partial charge is 0.493 e. The van der Waals surface area contributed by atoms with Crippen LogP contribution in [0.3, 0.4) is 0 Å². The Morgan fingerprint density at radius 2 is 2.07 bits per heavy atom. The standard InChI is InChI=1S/C22H23ClN2O3/c1-4-5-11-28-20-10-9-16(13-21(20)27-3)12-17(14-24)22(26)25-19-8-6-7-18(23)15(19)2/h6-10,12-13H,4-5,11H2,1-3H3,(H,25,26)/b17-12+. The molecule has 2 rings (SSSR count). The van der Waals surface area contributed by atoms with E-state index < -0.39 is 5.91 Å². The number of halogens is 1. The number of hydrogen-bond acceptors (Lipinski definition) is 4. The summed E-state index contributed by atoms with van der Waals surface area (Å²) in [4.78, 5) is 12.5. The maximum atomic E-state index is 12.5. The number of nitriles is 1. The number of amides is 1. The number of rotatable bonds is 8. The molecular weight excluding hydrogens is 376 g/mol. The van der Waals surface area contributed by atoms with E-state index in [9.17, 15) is 10.1 Å². The molecule has 0 bridgehead atoms. The third kappa shape index (κ3) is 5.51. The zero-order valence-corrected chi connectivity index (χ0v) is 17.0. The van der Waals surface area contributed by atoms with E-state index >= 15 is 0 Å². The van der Waals surface area contributed by atoms with Crippen LogP contribution in [0, 0.1) is 18.3 Å². The predicted octanol–water partition coefficient (Wildman–Crippen LogP) is 5.38. The van der Waals surface area contributed by atoms with E-state index in [0.29, 0.717) is 34.4 Å². The van der Waals surface area contributed by atoms with Crippen molar-refractivity contribution in [2.75, 3.05) is 19.0 Å². The molecule has 0 fully saturated rings. The molecule has 0 atom stereocenters. The lowest BCUT2D eigenvalue weighted by Gasteiger charge is -2.11. The maximum absolute atomic E-state index is 12.5. The molecule has 2 aromatic carbocycles. The van der Waals surface area contributed by atoms with Crippen LogP contribution >= 0.6 is 11.6 Å². The van der Waals surface area contributed by atoms with Gasteiger partial charge in [-0.3, -0.25) is 4.79 Å². The Kier molecular flexibility index (Phi) is 7.91. The van der Waals surface area contributed by atoms with E-state index in [-0.39, 0.29) is 5.57 Å². The molecule has 5 nitrogen and oxygen atoms in total. The second-order valence-electron chi connectivity index (χ2n) is 6.15. The van der Waals surface area contributed by atoms with Crippen molar-refractivity contribution < 1.29 is 14.3 Å². The van der Waals surface area contributed by atoms with Crippen LogP contribution in [-0.4, -0.2) is 19.6 Å². The fourth-order valence-corrected chi connectivity index (χ4v) is 2.64. The van der Waals surface area contributed by atoms with Gasteiger partial charge in [0.1, 0.15) is 11.6 Å². The molecule has 0 aliphatic heterocycles. The molecule has 0 aromatic heterocycles. The fourth-order valence-electron chi connectivity index (χ4n) is 2.47. The van der Waals surface area contributed by atoms with Crippen LogP contribution in [0.4, 0.5) is 5.69 Å². The van der Waals surface area contributed by atoms with Crippen molar-refractivity contribution in [2.24, 2.45) is 0 Å². The van der Waals surface area contributed by atoms with Gasteiger partial charge in [0.15, 0.2) is 11.5 Å². The molecule has 0 heterocycles. The van der Waals surface area contributed by atoms with Gasteiger partial charge in [-0.1, -0.05) is 37.1 Å². The first-order valence-corrected chi connectivity index (χ1v) is 9.37. The summed E-state index contributed by atoms with van der Waals surface area (Å²) in [6.45, 7) is 4.50. The summed E-state index contributed by atoms with van der Waals surface area (Å²) in [5.74, 6) is 0.675. The van der Waals surface area contributed by atoms with Gasteiger partial charge < -0.3 is 14.8 Å². The van der Waals surface area contributed by atoms with E-state index in [1.54, 1.807) is 50.4 Å². The molecule has 28 heavy (non-hydrogen) atoms. The van der Waals surface area contributed by atoms with Gasteiger partial charge in [0.05, 0.1) is 13.7 Å². The first kappa shape index (κ1) is 21.3. The van der Waals surface area contributed by atoms with Crippen LogP contribution in [0.25, 0.3) is 6.08 Å². The molecule has 0 unspecified atom stereocenters. The Morgan fingerprint density at radius 3 is 2.75 bits per heavy atom. The number of unbranched alkanes of at least 4 members (excludes halogenated alkanes) is 1. The van der Waals surface area contributed by atoms with Gasteiger partial charge in [-0.25, -0.2) is 0 Å². The summed E-state index contributed by atoms with van der Waals surface area (Å²) >= 11 is 6.08. The maximum Gasteiger partial charge on any atom is 0.266 e.